The molecule has 0 atom stereocenters. The molecular formula is C10H7FN2O3S. The van der Waals surface area contributed by atoms with Gasteiger partial charge in [0.05, 0.1) is 0 Å². The van der Waals surface area contributed by atoms with Gasteiger partial charge < -0.3 is 9.84 Å². The van der Waals surface area contributed by atoms with E-state index in [0.29, 0.717) is 5.75 Å². The van der Waals surface area contributed by atoms with Crippen molar-refractivity contribution in [1.82, 2.24) is 9.59 Å². The first-order valence-corrected chi connectivity index (χ1v) is 5.37. The quantitative estimate of drug-likeness (QED) is 0.902. The molecule has 88 valence electrons. The number of hydrogen-bond donors (Lipinski definition) is 1. The highest BCUT2D eigenvalue weighted by Crippen LogP contribution is 2.16. The van der Waals surface area contributed by atoms with E-state index < -0.39 is 5.97 Å². The molecule has 0 aliphatic rings. The van der Waals surface area contributed by atoms with Crippen LogP contribution in [0, 0.1) is 5.82 Å². The zero-order valence-corrected chi connectivity index (χ0v) is 9.28. The average molecular weight is 254 g/mol. The van der Waals surface area contributed by atoms with E-state index in [1.165, 1.54) is 24.3 Å². The molecule has 1 aromatic carbocycles. The van der Waals surface area contributed by atoms with Crippen LogP contribution in [0.15, 0.2) is 24.3 Å². The van der Waals surface area contributed by atoms with E-state index >= 15 is 0 Å². The number of aromatic carboxylic acids is 1. The zero-order chi connectivity index (χ0) is 12.3. The van der Waals surface area contributed by atoms with Crippen molar-refractivity contribution in [2.75, 3.05) is 0 Å². The van der Waals surface area contributed by atoms with Crippen LogP contribution in [0.1, 0.15) is 15.4 Å². The van der Waals surface area contributed by atoms with Gasteiger partial charge in [0.2, 0.25) is 0 Å². The molecular weight excluding hydrogens is 247 g/mol. The number of carboxylic acids is 1. The summed E-state index contributed by atoms with van der Waals surface area (Å²) in [6.07, 6.45) is 0. The van der Waals surface area contributed by atoms with E-state index in [1.807, 2.05) is 0 Å². The molecule has 17 heavy (non-hydrogen) atoms. The smallest absolute Gasteiger partial charge is 0.349 e. The Kier molecular flexibility index (Phi) is 3.29. The minimum Gasteiger partial charge on any atom is -0.487 e. The normalized spacial score (nSPS) is 10.2. The minimum absolute atomic E-state index is 0.0102. The summed E-state index contributed by atoms with van der Waals surface area (Å²) in [4.78, 5) is 10.8. The second-order valence-electron chi connectivity index (χ2n) is 3.10. The van der Waals surface area contributed by atoms with Crippen LogP contribution in [0.5, 0.6) is 5.75 Å². The highest BCUT2D eigenvalue weighted by Gasteiger charge is 2.15. The van der Waals surface area contributed by atoms with Gasteiger partial charge in [0.15, 0.2) is 4.88 Å². The van der Waals surface area contributed by atoms with Gasteiger partial charge in [0.25, 0.3) is 0 Å². The summed E-state index contributed by atoms with van der Waals surface area (Å²) >= 11 is 0.795. The molecule has 2 rings (SSSR count). The van der Waals surface area contributed by atoms with Gasteiger partial charge in [-0.2, -0.15) is 0 Å². The lowest BCUT2D eigenvalue weighted by Gasteiger charge is -2.03. The molecule has 0 unspecified atom stereocenters. The third-order valence-corrected chi connectivity index (χ3v) is 2.70. The lowest BCUT2D eigenvalue weighted by Crippen LogP contribution is -2.03. The van der Waals surface area contributed by atoms with Gasteiger partial charge in [0, 0.05) is 0 Å². The topological polar surface area (TPSA) is 72.3 Å². The molecule has 1 aromatic heterocycles. The maximum atomic E-state index is 12.6. The Hall–Kier alpha value is -2.02. The number of rotatable bonds is 4. The van der Waals surface area contributed by atoms with Crippen molar-refractivity contribution in [3.05, 3.63) is 40.7 Å². The fraction of sp³-hybridized carbons (Fsp3) is 0.100. The predicted octanol–water partition coefficient (Wildman–Crippen LogP) is 1.95. The fourth-order valence-electron chi connectivity index (χ4n) is 1.15. The largest absolute Gasteiger partial charge is 0.487 e. The molecule has 0 spiro atoms. The summed E-state index contributed by atoms with van der Waals surface area (Å²) in [6.45, 7) is -0.0102. The molecule has 5 nitrogen and oxygen atoms in total. The summed E-state index contributed by atoms with van der Waals surface area (Å²) in [5.74, 6) is -1.01. The van der Waals surface area contributed by atoms with Crippen molar-refractivity contribution in [1.29, 1.82) is 0 Å². The summed E-state index contributed by atoms with van der Waals surface area (Å²) < 4.78 is 21.4. The number of benzene rings is 1. The summed E-state index contributed by atoms with van der Waals surface area (Å²) in [6, 6.07) is 5.42. The van der Waals surface area contributed by atoms with Crippen molar-refractivity contribution >= 4 is 17.5 Å². The standard InChI is InChI=1S/C10H7FN2O3S/c11-6-1-3-7(4-2-6)16-5-8-9(10(14)15)17-13-12-8/h1-4H,5H2,(H,14,15). The summed E-state index contributed by atoms with van der Waals surface area (Å²) in [5.41, 5.74) is 0.256. The molecule has 7 heteroatoms. The summed E-state index contributed by atoms with van der Waals surface area (Å²) in [5, 5.41) is 12.5. The Bertz CT molecular complexity index is 527. The molecule has 0 bridgehead atoms. The molecule has 0 aliphatic heterocycles. The molecule has 1 heterocycles. The van der Waals surface area contributed by atoms with Crippen LogP contribution < -0.4 is 4.74 Å². The number of carboxylic acid groups (broad SMARTS) is 1. The second kappa shape index (κ2) is 4.88. The predicted molar refractivity (Wildman–Crippen MR) is 57.6 cm³/mol. The monoisotopic (exact) mass is 254 g/mol. The number of carbonyl (C=O) groups is 1. The molecule has 0 saturated heterocycles. The van der Waals surface area contributed by atoms with Crippen molar-refractivity contribution in [2.45, 2.75) is 6.61 Å². The molecule has 1 N–H and O–H groups in total. The van der Waals surface area contributed by atoms with Crippen molar-refractivity contribution < 1.29 is 19.0 Å². The number of hydrogen-bond acceptors (Lipinski definition) is 5. The maximum absolute atomic E-state index is 12.6. The summed E-state index contributed by atoms with van der Waals surface area (Å²) in [7, 11) is 0. The van der Waals surface area contributed by atoms with E-state index in [0.717, 1.165) is 11.5 Å². The van der Waals surface area contributed by atoms with Gasteiger partial charge in [-0.15, -0.1) is 5.10 Å². The molecule has 0 saturated carbocycles. The first-order chi connectivity index (χ1) is 8.16. The van der Waals surface area contributed by atoms with Crippen LogP contribution >= 0.6 is 11.5 Å². The Labute approximate surface area is 99.6 Å². The number of aromatic nitrogens is 2. The third-order valence-electron chi connectivity index (χ3n) is 1.94. The molecule has 0 aliphatic carbocycles. The molecule has 0 radical (unpaired) electrons. The van der Waals surface area contributed by atoms with Gasteiger partial charge >= 0.3 is 5.97 Å². The zero-order valence-electron chi connectivity index (χ0n) is 8.46. The Morgan fingerprint density at radius 2 is 2.12 bits per heavy atom. The fourth-order valence-corrected chi connectivity index (χ4v) is 1.65. The van der Waals surface area contributed by atoms with Crippen LogP contribution in [0.2, 0.25) is 0 Å². The minimum atomic E-state index is -1.09. The number of ether oxygens (including phenoxy) is 1. The van der Waals surface area contributed by atoms with Crippen LogP contribution in [-0.4, -0.2) is 20.7 Å². The highest BCUT2D eigenvalue weighted by atomic mass is 32.1. The lowest BCUT2D eigenvalue weighted by atomic mass is 10.3. The van der Waals surface area contributed by atoms with Crippen molar-refractivity contribution in [3.8, 4) is 5.75 Å². The van der Waals surface area contributed by atoms with E-state index in [-0.39, 0.29) is 23.0 Å². The maximum Gasteiger partial charge on any atom is 0.349 e. The number of halogens is 1. The van der Waals surface area contributed by atoms with Gasteiger partial charge in [-0.1, -0.05) is 4.49 Å². The first-order valence-electron chi connectivity index (χ1n) is 4.59. The van der Waals surface area contributed by atoms with E-state index in [4.69, 9.17) is 9.84 Å². The Balaban J connectivity index is 2.05. The van der Waals surface area contributed by atoms with Crippen LogP contribution in [0.3, 0.4) is 0 Å². The number of nitrogens with zero attached hydrogens (tertiary/aromatic N) is 2. The second-order valence-corrected chi connectivity index (χ2v) is 3.85. The molecule has 0 fully saturated rings. The SMILES string of the molecule is O=C(O)c1snnc1COc1ccc(F)cc1. The van der Waals surface area contributed by atoms with Crippen LogP contribution in [-0.2, 0) is 6.61 Å². The van der Waals surface area contributed by atoms with E-state index in [9.17, 15) is 9.18 Å². The van der Waals surface area contributed by atoms with Crippen molar-refractivity contribution in [2.24, 2.45) is 0 Å². The Morgan fingerprint density at radius 1 is 1.41 bits per heavy atom. The van der Waals surface area contributed by atoms with Gasteiger partial charge in [-0.05, 0) is 35.8 Å². The third kappa shape index (κ3) is 2.76. The average Bonchev–Trinajstić information content (AvgIpc) is 2.76. The van der Waals surface area contributed by atoms with E-state index in [1.54, 1.807) is 0 Å². The van der Waals surface area contributed by atoms with Gasteiger partial charge in [-0.25, -0.2) is 9.18 Å². The van der Waals surface area contributed by atoms with E-state index in [2.05, 4.69) is 9.59 Å². The highest BCUT2D eigenvalue weighted by molar-refractivity contribution is 7.07. The van der Waals surface area contributed by atoms with Crippen LogP contribution in [0.25, 0.3) is 0 Å². The lowest BCUT2D eigenvalue weighted by molar-refractivity contribution is 0.0699. The van der Waals surface area contributed by atoms with Crippen molar-refractivity contribution in [3.63, 3.8) is 0 Å². The first kappa shape index (κ1) is 11.5. The molecule has 0 amide bonds. The Morgan fingerprint density at radius 3 is 2.76 bits per heavy atom. The van der Waals surface area contributed by atoms with Gasteiger partial charge in [0.1, 0.15) is 23.9 Å². The molecule has 2 aromatic rings. The van der Waals surface area contributed by atoms with Gasteiger partial charge in [-0.3, -0.25) is 0 Å². The van der Waals surface area contributed by atoms with Crippen LogP contribution in [0.4, 0.5) is 4.39 Å².